The van der Waals surface area contributed by atoms with Crippen LogP contribution in [0.5, 0.6) is 0 Å². The maximum Gasteiger partial charge on any atom is 0.339 e. The van der Waals surface area contributed by atoms with E-state index in [2.05, 4.69) is 10.4 Å². The number of methoxy groups -OCH3 is 1. The highest BCUT2D eigenvalue weighted by atomic mass is 16.6. The predicted octanol–water partition coefficient (Wildman–Crippen LogP) is 3.76. The molecule has 0 radical (unpaired) electrons. The first-order chi connectivity index (χ1) is 14.9. The van der Waals surface area contributed by atoms with Crippen molar-refractivity contribution in [2.75, 3.05) is 12.4 Å². The zero-order chi connectivity index (χ0) is 21.8. The summed E-state index contributed by atoms with van der Waals surface area (Å²) in [4.78, 5) is 36.2. The van der Waals surface area contributed by atoms with Crippen molar-refractivity contribution in [2.45, 2.75) is 44.1 Å². The van der Waals surface area contributed by atoms with Gasteiger partial charge in [0, 0.05) is 0 Å². The van der Waals surface area contributed by atoms with Gasteiger partial charge in [0.15, 0.2) is 0 Å². The molecule has 0 spiro atoms. The number of hydrogen-bond acceptors (Lipinski definition) is 6. The number of nitrogens with zero attached hydrogens (tertiary/aromatic N) is 3. The van der Waals surface area contributed by atoms with Gasteiger partial charge in [0.05, 0.1) is 28.8 Å². The lowest BCUT2D eigenvalue weighted by Gasteiger charge is -2.56. The van der Waals surface area contributed by atoms with E-state index < -0.39 is 16.8 Å². The van der Waals surface area contributed by atoms with Gasteiger partial charge in [-0.25, -0.2) is 4.79 Å². The standard InChI is InChI=1S/C22H24N4O5/c1-31-21(28)16-4-2-3-5-17(16)23-20(27)19-18(26(29)30)12-25(24-19)22-9-13-6-14(10-22)8-15(7-13)11-22/h2-5,12-15H,6-11H2,1H3,(H,23,27). The van der Waals surface area contributed by atoms with Crippen LogP contribution in [0.1, 0.15) is 59.4 Å². The zero-order valence-corrected chi connectivity index (χ0v) is 17.2. The second kappa shape index (κ2) is 7.18. The molecule has 4 aliphatic carbocycles. The number of benzene rings is 1. The number of nitrogens with one attached hydrogen (secondary N) is 1. The minimum absolute atomic E-state index is 0.168. The molecule has 2 aromatic rings. The minimum Gasteiger partial charge on any atom is -0.465 e. The highest BCUT2D eigenvalue weighted by Crippen LogP contribution is 2.58. The van der Waals surface area contributed by atoms with Crippen LogP contribution in [-0.4, -0.2) is 33.7 Å². The molecule has 4 saturated carbocycles. The topological polar surface area (TPSA) is 116 Å². The van der Waals surface area contributed by atoms with Crippen LogP contribution in [0.3, 0.4) is 0 Å². The number of carbonyl (C=O) groups excluding carboxylic acids is 2. The molecule has 0 atom stereocenters. The second-order valence-corrected chi connectivity index (χ2v) is 9.20. The van der Waals surface area contributed by atoms with Gasteiger partial charge in [0.1, 0.15) is 6.20 Å². The van der Waals surface area contributed by atoms with E-state index in [1.165, 1.54) is 38.6 Å². The van der Waals surface area contributed by atoms with Gasteiger partial charge < -0.3 is 10.1 Å². The molecule has 1 heterocycles. The maximum absolute atomic E-state index is 13.0. The summed E-state index contributed by atoms with van der Waals surface area (Å²) in [6.45, 7) is 0. The van der Waals surface area contributed by atoms with Crippen molar-refractivity contribution in [3.63, 3.8) is 0 Å². The third-order valence-corrected chi connectivity index (χ3v) is 7.18. The Bertz CT molecular complexity index is 1040. The molecule has 4 aliphatic rings. The van der Waals surface area contributed by atoms with Crippen LogP contribution in [0.2, 0.25) is 0 Å². The molecule has 0 saturated heterocycles. The number of esters is 1. The van der Waals surface area contributed by atoms with Gasteiger partial charge >= 0.3 is 11.7 Å². The molecule has 1 aromatic heterocycles. The first-order valence-electron chi connectivity index (χ1n) is 10.6. The fourth-order valence-electron chi connectivity index (χ4n) is 6.31. The van der Waals surface area contributed by atoms with Gasteiger partial charge in [-0.15, -0.1) is 0 Å². The monoisotopic (exact) mass is 424 g/mol. The summed E-state index contributed by atoms with van der Waals surface area (Å²) in [5.41, 5.74) is -0.397. The summed E-state index contributed by atoms with van der Waals surface area (Å²) in [5, 5.41) is 18.8. The van der Waals surface area contributed by atoms with Gasteiger partial charge in [-0.3, -0.25) is 19.6 Å². The quantitative estimate of drug-likeness (QED) is 0.444. The van der Waals surface area contributed by atoms with Crippen molar-refractivity contribution in [3.05, 3.63) is 51.8 Å². The van der Waals surface area contributed by atoms with Crippen molar-refractivity contribution in [3.8, 4) is 0 Å². The van der Waals surface area contributed by atoms with Gasteiger partial charge in [-0.05, 0) is 68.4 Å². The highest BCUT2D eigenvalue weighted by Gasteiger charge is 2.53. The Hall–Kier alpha value is -3.23. The molecule has 162 valence electrons. The number of carbonyl (C=O) groups is 2. The Labute approximate surface area is 178 Å². The van der Waals surface area contributed by atoms with Crippen molar-refractivity contribution in [1.29, 1.82) is 0 Å². The number of nitro groups is 1. The second-order valence-electron chi connectivity index (χ2n) is 9.20. The fraction of sp³-hybridized carbons (Fsp3) is 0.500. The number of ether oxygens (including phenoxy) is 1. The van der Waals surface area contributed by atoms with Crippen LogP contribution >= 0.6 is 0 Å². The first-order valence-corrected chi connectivity index (χ1v) is 10.6. The number of aromatic nitrogens is 2. The normalized spacial score (nSPS) is 28.4. The molecule has 1 N–H and O–H groups in total. The number of hydrogen-bond donors (Lipinski definition) is 1. The molecule has 31 heavy (non-hydrogen) atoms. The van der Waals surface area contributed by atoms with E-state index in [1.54, 1.807) is 22.9 Å². The Morgan fingerprint density at radius 3 is 2.35 bits per heavy atom. The molecule has 9 heteroatoms. The predicted molar refractivity (Wildman–Crippen MR) is 111 cm³/mol. The Morgan fingerprint density at radius 1 is 1.16 bits per heavy atom. The minimum atomic E-state index is -0.716. The molecule has 1 amide bonds. The average molecular weight is 424 g/mol. The van der Waals surface area contributed by atoms with E-state index in [0.717, 1.165) is 19.3 Å². The number of para-hydroxylation sites is 1. The number of amides is 1. The third kappa shape index (κ3) is 3.28. The lowest BCUT2D eigenvalue weighted by atomic mass is 9.53. The largest absolute Gasteiger partial charge is 0.465 e. The van der Waals surface area contributed by atoms with E-state index in [1.807, 2.05) is 0 Å². The smallest absolute Gasteiger partial charge is 0.339 e. The Morgan fingerprint density at radius 2 is 1.77 bits per heavy atom. The first kappa shape index (κ1) is 19.7. The van der Waals surface area contributed by atoms with Gasteiger partial charge in [0.2, 0.25) is 5.69 Å². The summed E-state index contributed by atoms with van der Waals surface area (Å²) in [5.74, 6) is 0.590. The molecule has 0 unspecified atom stereocenters. The molecule has 4 bridgehead atoms. The van der Waals surface area contributed by atoms with E-state index in [9.17, 15) is 19.7 Å². The molecule has 0 aliphatic heterocycles. The fourth-order valence-corrected chi connectivity index (χ4v) is 6.31. The third-order valence-electron chi connectivity index (χ3n) is 7.18. The van der Waals surface area contributed by atoms with Crippen LogP contribution in [0.15, 0.2) is 30.5 Å². The van der Waals surface area contributed by atoms with Crippen molar-refractivity contribution >= 4 is 23.3 Å². The van der Waals surface area contributed by atoms with Crippen molar-refractivity contribution < 1.29 is 19.2 Å². The number of rotatable bonds is 5. The van der Waals surface area contributed by atoms with Gasteiger partial charge in [0.25, 0.3) is 5.91 Å². The molecule has 1 aromatic carbocycles. The summed E-state index contributed by atoms with van der Waals surface area (Å²) >= 11 is 0. The average Bonchev–Trinajstić information content (AvgIpc) is 3.20. The van der Waals surface area contributed by atoms with Crippen LogP contribution in [0, 0.1) is 27.9 Å². The zero-order valence-electron chi connectivity index (χ0n) is 17.2. The summed E-state index contributed by atoms with van der Waals surface area (Å²) in [7, 11) is 1.25. The lowest BCUT2D eigenvalue weighted by Crippen LogP contribution is -2.52. The lowest BCUT2D eigenvalue weighted by molar-refractivity contribution is -0.385. The molecular weight excluding hydrogens is 400 g/mol. The van der Waals surface area contributed by atoms with Crippen molar-refractivity contribution in [2.24, 2.45) is 17.8 Å². The van der Waals surface area contributed by atoms with Gasteiger partial charge in [-0.2, -0.15) is 5.10 Å². The van der Waals surface area contributed by atoms with E-state index in [4.69, 9.17) is 4.74 Å². The molecular formula is C22H24N4O5. The van der Waals surface area contributed by atoms with Crippen molar-refractivity contribution in [1.82, 2.24) is 9.78 Å². The molecule has 4 fully saturated rings. The summed E-state index contributed by atoms with van der Waals surface area (Å²) < 4.78 is 6.45. The Balaban J connectivity index is 1.48. The SMILES string of the molecule is COC(=O)c1ccccc1NC(=O)c1nn(C23CC4CC(CC(C4)C2)C3)cc1[N+](=O)[O-]. The highest BCUT2D eigenvalue weighted by molar-refractivity contribution is 6.08. The summed E-state index contributed by atoms with van der Waals surface area (Å²) in [6.07, 6.45) is 8.02. The molecule has 6 rings (SSSR count). The summed E-state index contributed by atoms with van der Waals surface area (Å²) in [6, 6.07) is 6.37. The Kier molecular flexibility index (Phi) is 4.56. The van der Waals surface area contributed by atoms with E-state index in [0.29, 0.717) is 17.8 Å². The van der Waals surface area contributed by atoms with Crippen LogP contribution in [0.25, 0.3) is 0 Å². The van der Waals surface area contributed by atoms with E-state index >= 15 is 0 Å². The molecule has 9 nitrogen and oxygen atoms in total. The number of anilines is 1. The maximum atomic E-state index is 13.0. The van der Waals surface area contributed by atoms with Crippen LogP contribution in [0.4, 0.5) is 11.4 Å². The van der Waals surface area contributed by atoms with Gasteiger partial charge in [-0.1, -0.05) is 12.1 Å². The van der Waals surface area contributed by atoms with Crippen LogP contribution < -0.4 is 5.32 Å². The van der Waals surface area contributed by atoms with E-state index in [-0.39, 0.29) is 28.2 Å². The van der Waals surface area contributed by atoms with Crippen LogP contribution in [-0.2, 0) is 10.3 Å².